The molecule has 0 saturated carbocycles. The highest BCUT2D eigenvalue weighted by atomic mass is 31.2. The third-order valence-corrected chi connectivity index (χ3v) is 5.26. The molecule has 2 aromatic rings. The highest BCUT2D eigenvalue weighted by Gasteiger charge is 2.25. The smallest absolute Gasteiger partial charge is 0.309 e. The fraction of sp³-hybridized carbons (Fsp3) is 0.333. The van der Waals surface area contributed by atoms with Crippen LogP contribution < -0.4 is 0 Å². The summed E-state index contributed by atoms with van der Waals surface area (Å²) in [6, 6.07) is 18.7. The molecule has 0 aromatic heterocycles. The molecule has 2 unspecified atom stereocenters. The van der Waals surface area contributed by atoms with Crippen LogP contribution in [0, 0.1) is 5.92 Å². The second kappa shape index (κ2) is 12.2. The monoisotopic (exact) mass is 404 g/mol. The van der Waals surface area contributed by atoms with Crippen LogP contribution in [0.2, 0.25) is 0 Å². The summed E-state index contributed by atoms with van der Waals surface area (Å²) in [4.78, 5) is 34.2. The van der Waals surface area contributed by atoms with Crippen molar-refractivity contribution in [2.24, 2.45) is 5.92 Å². The molecule has 0 heterocycles. The van der Waals surface area contributed by atoms with Crippen LogP contribution in [0.15, 0.2) is 60.7 Å². The van der Waals surface area contributed by atoms with Crippen LogP contribution in [0.3, 0.4) is 0 Å². The van der Waals surface area contributed by atoms with Crippen molar-refractivity contribution in [1.29, 1.82) is 0 Å². The summed E-state index contributed by atoms with van der Waals surface area (Å²) in [6.07, 6.45) is 0.403. The van der Waals surface area contributed by atoms with Crippen LogP contribution in [-0.4, -0.2) is 30.1 Å². The first-order valence-corrected chi connectivity index (χ1v) is 10.4. The molecule has 0 saturated heterocycles. The summed E-state index contributed by atoms with van der Waals surface area (Å²) < 4.78 is 15.5. The van der Waals surface area contributed by atoms with Gasteiger partial charge in [0.2, 0.25) is 0 Å². The molecule has 0 aliphatic rings. The maximum absolute atomic E-state index is 12.4. The van der Waals surface area contributed by atoms with E-state index < -0.39 is 26.2 Å². The van der Waals surface area contributed by atoms with Crippen LogP contribution in [0.1, 0.15) is 24.0 Å². The Balaban J connectivity index is 1.83. The van der Waals surface area contributed by atoms with Crippen molar-refractivity contribution in [3.8, 4) is 0 Å². The molecule has 0 amide bonds. The van der Waals surface area contributed by atoms with Crippen molar-refractivity contribution >= 4 is 20.3 Å². The zero-order chi connectivity index (χ0) is 20.2. The van der Waals surface area contributed by atoms with E-state index >= 15 is 0 Å². The van der Waals surface area contributed by atoms with Crippen molar-refractivity contribution in [2.75, 3.05) is 13.3 Å². The van der Waals surface area contributed by atoms with E-state index in [-0.39, 0.29) is 32.2 Å². The number of rotatable bonds is 11. The topological polar surface area (TPSA) is 82.1 Å². The quantitative estimate of drug-likeness (QED) is 0.453. The van der Waals surface area contributed by atoms with Crippen LogP contribution >= 0.6 is 8.38 Å². The summed E-state index contributed by atoms with van der Waals surface area (Å²) in [7, 11) is -0.362. The number of carbonyl (C=O) groups is 2. The number of hydrogen-bond acceptors (Lipinski definition) is 6. The van der Waals surface area contributed by atoms with Gasteiger partial charge in [-0.1, -0.05) is 60.7 Å². The SMILES string of the molecule is COP(O)CC(CCC(=O)OCc1ccccc1)C(=O)OCc1ccccc1. The molecule has 2 rings (SSSR count). The van der Waals surface area contributed by atoms with Gasteiger partial charge in [-0.2, -0.15) is 0 Å². The van der Waals surface area contributed by atoms with E-state index in [4.69, 9.17) is 14.0 Å². The third-order valence-electron chi connectivity index (χ3n) is 4.08. The molecule has 0 spiro atoms. The van der Waals surface area contributed by atoms with Crippen LogP contribution in [0.5, 0.6) is 0 Å². The fourth-order valence-electron chi connectivity index (χ4n) is 2.50. The Kier molecular flexibility index (Phi) is 9.63. The minimum atomic E-state index is -1.74. The lowest BCUT2D eigenvalue weighted by molar-refractivity contribution is -0.150. The van der Waals surface area contributed by atoms with E-state index in [9.17, 15) is 14.5 Å². The molecule has 0 fully saturated rings. The molecule has 1 N–H and O–H groups in total. The Hall–Kier alpha value is -2.27. The highest BCUT2D eigenvalue weighted by Crippen LogP contribution is 2.34. The van der Waals surface area contributed by atoms with Crippen LogP contribution in [0.4, 0.5) is 0 Å². The minimum absolute atomic E-state index is 0.0603. The van der Waals surface area contributed by atoms with Gasteiger partial charge >= 0.3 is 11.9 Å². The van der Waals surface area contributed by atoms with Gasteiger partial charge < -0.3 is 18.9 Å². The molecule has 6 nitrogen and oxygen atoms in total. The number of hydrogen-bond donors (Lipinski definition) is 1. The van der Waals surface area contributed by atoms with E-state index in [1.54, 1.807) is 0 Å². The molecule has 0 aliphatic heterocycles. The first kappa shape index (κ1) is 22.0. The summed E-state index contributed by atoms with van der Waals surface area (Å²) >= 11 is 0. The maximum atomic E-state index is 12.4. The summed E-state index contributed by atoms with van der Waals surface area (Å²) in [5, 5.41) is 0. The number of carbonyl (C=O) groups excluding carboxylic acids is 2. The van der Waals surface area contributed by atoms with E-state index in [1.807, 2.05) is 60.7 Å². The second-order valence-electron chi connectivity index (χ2n) is 6.19. The predicted molar refractivity (Wildman–Crippen MR) is 106 cm³/mol. The van der Waals surface area contributed by atoms with Crippen molar-refractivity contribution in [1.82, 2.24) is 0 Å². The number of ether oxygens (including phenoxy) is 2. The molecular weight excluding hydrogens is 379 g/mol. The van der Waals surface area contributed by atoms with Gasteiger partial charge in [-0.25, -0.2) is 0 Å². The Morgan fingerprint density at radius 1 is 0.929 bits per heavy atom. The van der Waals surface area contributed by atoms with Crippen molar-refractivity contribution in [3.05, 3.63) is 71.8 Å². The molecule has 0 bridgehead atoms. The molecular formula is C21H25O6P. The highest BCUT2D eigenvalue weighted by molar-refractivity contribution is 7.46. The Morgan fingerprint density at radius 3 is 2.00 bits per heavy atom. The summed E-state index contributed by atoms with van der Waals surface area (Å²) in [5.74, 6) is -1.49. The summed E-state index contributed by atoms with van der Waals surface area (Å²) in [5.41, 5.74) is 1.77. The molecule has 2 atom stereocenters. The molecule has 0 radical (unpaired) electrons. The lowest BCUT2D eigenvalue weighted by Crippen LogP contribution is -2.22. The van der Waals surface area contributed by atoms with Crippen LogP contribution in [0.25, 0.3) is 0 Å². The Bertz CT molecular complexity index is 722. The zero-order valence-corrected chi connectivity index (χ0v) is 16.7. The van der Waals surface area contributed by atoms with E-state index in [0.29, 0.717) is 0 Å². The fourth-order valence-corrected chi connectivity index (χ4v) is 3.35. The van der Waals surface area contributed by atoms with Crippen molar-refractivity contribution < 1.29 is 28.5 Å². The van der Waals surface area contributed by atoms with Gasteiger partial charge in [0.1, 0.15) is 13.2 Å². The van der Waals surface area contributed by atoms with Crippen LogP contribution in [-0.2, 0) is 36.8 Å². The van der Waals surface area contributed by atoms with Gasteiger partial charge in [0.05, 0.1) is 5.92 Å². The number of esters is 2. The van der Waals surface area contributed by atoms with Gasteiger partial charge in [-0.05, 0) is 17.5 Å². The van der Waals surface area contributed by atoms with E-state index in [1.165, 1.54) is 7.11 Å². The molecule has 150 valence electrons. The first-order chi connectivity index (χ1) is 13.6. The van der Waals surface area contributed by atoms with Gasteiger partial charge in [0.15, 0.2) is 8.38 Å². The number of benzene rings is 2. The maximum Gasteiger partial charge on any atom is 0.309 e. The van der Waals surface area contributed by atoms with Crippen molar-refractivity contribution in [2.45, 2.75) is 26.1 Å². The standard InChI is InChI=1S/C21H25O6P/c1-25-28(24)16-19(21(23)27-15-18-10-6-3-7-11-18)12-13-20(22)26-14-17-8-4-2-5-9-17/h2-11,19,24H,12-16H2,1H3. The van der Waals surface area contributed by atoms with E-state index in [2.05, 4.69) is 0 Å². The minimum Gasteiger partial charge on any atom is -0.461 e. The molecule has 28 heavy (non-hydrogen) atoms. The molecule has 0 aliphatic carbocycles. The van der Waals surface area contributed by atoms with Gasteiger partial charge in [0, 0.05) is 19.7 Å². The average molecular weight is 404 g/mol. The first-order valence-electron chi connectivity index (χ1n) is 8.99. The van der Waals surface area contributed by atoms with Crippen molar-refractivity contribution in [3.63, 3.8) is 0 Å². The largest absolute Gasteiger partial charge is 0.461 e. The normalized spacial score (nSPS) is 12.8. The lowest BCUT2D eigenvalue weighted by Gasteiger charge is -2.17. The summed E-state index contributed by atoms with van der Waals surface area (Å²) in [6.45, 7) is 0.332. The Morgan fingerprint density at radius 2 is 1.46 bits per heavy atom. The second-order valence-corrected chi connectivity index (χ2v) is 7.63. The molecule has 2 aromatic carbocycles. The Labute approximate surface area is 166 Å². The predicted octanol–water partition coefficient (Wildman–Crippen LogP) is 3.82. The third kappa shape index (κ3) is 8.17. The van der Waals surface area contributed by atoms with Gasteiger partial charge in [0.25, 0.3) is 0 Å². The van der Waals surface area contributed by atoms with Gasteiger partial charge in [-0.3, -0.25) is 9.59 Å². The average Bonchev–Trinajstić information content (AvgIpc) is 2.74. The zero-order valence-electron chi connectivity index (χ0n) is 15.8. The van der Waals surface area contributed by atoms with Gasteiger partial charge in [-0.15, -0.1) is 0 Å². The molecule has 7 heteroatoms. The lowest BCUT2D eigenvalue weighted by atomic mass is 10.1. The van der Waals surface area contributed by atoms with E-state index in [0.717, 1.165) is 11.1 Å².